The molecular formula is C33H38FN5S. The number of nitrogens with one attached hydrogen (secondary N) is 1. The van der Waals surface area contributed by atoms with Gasteiger partial charge in [0.1, 0.15) is 5.82 Å². The Bertz CT molecular complexity index is 1520. The van der Waals surface area contributed by atoms with Crippen molar-refractivity contribution in [1.82, 2.24) is 14.8 Å². The van der Waals surface area contributed by atoms with Gasteiger partial charge in [0.15, 0.2) is 0 Å². The summed E-state index contributed by atoms with van der Waals surface area (Å²) >= 11 is 1.04. The van der Waals surface area contributed by atoms with Crippen LogP contribution < -0.4 is 10.5 Å². The van der Waals surface area contributed by atoms with E-state index in [-0.39, 0.29) is 11.2 Å². The van der Waals surface area contributed by atoms with Crippen LogP contribution in [-0.4, -0.2) is 41.0 Å². The molecule has 3 N–H and O–H groups in total. The minimum atomic E-state index is -0.287. The van der Waals surface area contributed by atoms with Crippen LogP contribution in [-0.2, 0) is 6.42 Å². The van der Waals surface area contributed by atoms with E-state index in [9.17, 15) is 4.39 Å². The number of anilines is 1. The standard InChI is InChI=1S/C33H38FN5S/c1-21(11-14-31-32(36-23(3)33(4,5)6)15-24-9-7-8-10-30(24)37-31)38-17-25-19-39(20-26(25)18-38)22(2)28-13-12-27(40-35)16-29(28)34/h7-10,12-13,15-16,36H,1-3,11,14,17-20,35H2,4-6H3. The fraction of sp³-hybridized carbons (Fsp3) is 0.303. The zero-order valence-corrected chi connectivity index (χ0v) is 24.5. The summed E-state index contributed by atoms with van der Waals surface area (Å²) in [6.45, 7) is 22.6. The molecule has 1 aromatic heterocycles. The first-order valence-electron chi connectivity index (χ1n) is 13.6. The molecule has 0 aliphatic carbocycles. The number of aromatic nitrogens is 1. The number of nitrogens with zero attached hydrogens (tertiary/aromatic N) is 3. The van der Waals surface area contributed by atoms with Gasteiger partial charge < -0.3 is 15.1 Å². The summed E-state index contributed by atoms with van der Waals surface area (Å²) < 4.78 is 14.7. The Hall–Kier alpha value is -3.55. The summed E-state index contributed by atoms with van der Waals surface area (Å²) in [7, 11) is 0. The molecule has 5 rings (SSSR count). The van der Waals surface area contributed by atoms with Crippen molar-refractivity contribution in [2.24, 2.45) is 10.6 Å². The van der Waals surface area contributed by atoms with Crippen molar-refractivity contribution in [3.05, 3.63) is 108 Å². The molecule has 3 heterocycles. The molecule has 5 nitrogen and oxygen atoms in total. The SMILES string of the molecule is C=C(CCc1nc2ccccc2cc1NC(=C)C(C)(C)C)N1CC2=C(C1)CN(C(=C)c1ccc(SN)cc1F)C2. The number of nitrogens with two attached hydrogens (primary N) is 1. The topological polar surface area (TPSA) is 57.4 Å². The molecule has 7 heteroatoms. The monoisotopic (exact) mass is 555 g/mol. The van der Waals surface area contributed by atoms with E-state index in [4.69, 9.17) is 10.1 Å². The zero-order chi connectivity index (χ0) is 28.6. The van der Waals surface area contributed by atoms with Crippen LogP contribution in [0.4, 0.5) is 10.1 Å². The molecule has 0 fully saturated rings. The van der Waals surface area contributed by atoms with Gasteiger partial charge in [-0.1, -0.05) is 58.7 Å². The third kappa shape index (κ3) is 5.81. The van der Waals surface area contributed by atoms with Gasteiger partial charge in [0.2, 0.25) is 0 Å². The molecule has 2 aliphatic rings. The maximum atomic E-state index is 14.7. The Morgan fingerprint density at radius 2 is 1.68 bits per heavy atom. The van der Waals surface area contributed by atoms with Crippen molar-refractivity contribution >= 4 is 34.2 Å². The predicted octanol–water partition coefficient (Wildman–Crippen LogP) is 7.36. The summed E-state index contributed by atoms with van der Waals surface area (Å²) in [6, 6.07) is 15.5. The molecule has 0 saturated heterocycles. The van der Waals surface area contributed by atoms with Crippen molar-refractivity contribution in [3.63, 3.8) is 0 Å². The lowest BCUT2D eigenvalue weighted by molar-refractivity contribution is 0.380. The van der Waals surface area contributed by atoms with Gasteiger partial charge in [0.25, 0.3) is 0 Å². The van der Waals surface area contributed by atoms with Gasteiger partial charge >= 0.3 is 0 Å². The van der Waals surface area contributed by atoms with E-state index in [0.29, 0.717) is 16.2 Å². The molecule has 0 atom stereocenters. The number of fused-ring (bicyclic) bond motifs is 1. The quantitative estimate of drug-likeness (QED) is 0.213. The minimum absolute atomic E-state index is 0.0633. The van der Waals surface area contributed by atoms with Crippen LogP contribution in [0.5, 0.6) is 0 Å². The molecule has 40 heavy (non-hydrogen) atoms. The van der Waals surface area contributed by atoms with Gasteiger partial charge in [0.05, 0.1) is 16.9 Å². The molecule has 0 radical (unpaired) electrons. The number of halogens is 1. The van der Waals surface area contributed by atoms with Gasteiger partial charge in [-0.2, -0.15) is 0 Å². The Morgan fingerprint density at radius 1 is 1.00 bits per heavy atom. The number of rotatable bonds is 9. The summed E-state index contributed by atoms with van der Waals surface area (Å²) in [4.78, 5) is 10.2. The maximum Gasteiger partial charge on any atom is 0.133 e. The lowest BCUT2D eigenvalue weighted by Crippen LogP contribution is -2.28. The van der Waals surface area contributed by atoms with Gasteiger partial charge in [-0.25, -0.2) is 4.39 Å². The first-order valence-corrected chi connectivity index (χ1v) is 14.5. The number of hydrogen-bond donors (Lipinski definition) is 2. The molecule has 0 saturated carbocycles. The van der Waals surface area contributed by atoms with E-state index in [2.05, 4.69) is 73.8 Å². The number of benzene rings is 2. The Balaban J connectivity index is 1.21. The second-order valence-electron chi connectivity index (χ2n) is 11.7. The van der Waals surface area contributed by atoms with Crippen molar-refractivity contribution < 1.29 is 4.39 Å². The molecule has 208 valence electrons. The number of allylic oxidation sites excluding steroid dienone is 2. The first-order chi connectivity index (χ1) is 19.0. The van der Waals surface area contributed by atoms with Crippen LogP contribution >= 0.6 is 11.9 Å². The minimum Gasteiger partial charge on any atom is -0.367 e. The van der Waals surface area contributed by atoms with E-state index < -0.39 is 0 Å². The number of hydrogen-bond acceptors (Lipinski definition) is 6. The normalized spacial score (nSPS) is 15.1. The smallest absolute Gasteiger partial charge is 0.133 e. The summed E-state index contributed by atoms with van der Waals surface area (Å²) in [5, 5.41) is 10.2. The highest BCUT2D eigenvalue weighted by Gasteiger charge is 2.31. The highest BCUT2D eigenvalue weighted by atomic mass is 32.2. The lowest BCUT2D eigenvalue weighted by atomic mass is 9.92. The van der Waals surface area contributed by atoms with Crippen molar-refractivity contribution in [1.29, 1.82) is 0 Å². The molecule has 3 aromatic rings. The van der Waals surface area contributed by atoms with Gasteiger partial charge in [-0.15, -0.1) is 0 Å². The lowest BCUT2D eigenvalue weighted by Gasteiger charge is -2.28. The average molecular weight is 556 g/mol. The third-order valence-corrected chi connectivity index (χ3v) is 8.41. The van der Waals surface area contributed by atoms with Gasteiger partial charge in [-0.3, -0.25) is 10.1 Å². The Morgan fingerprint density at radius 3 is 2.33 bits per heavy atom. The fourth-order valence-corrected chi connectivity index (χ4v) is 5.51. The van der Waals surface area contributed by atoms with Crippen molar-refractivity contribution in [3.8, 4) is 0 Å². The molecule has 0 spiro atoms. The van der Waals surface area contributed by atoms with Crippen LogP contribution in [0.3, 0.4) is 0 Å². The van der Waals surface area contributed by atoms with E-state index >= 15 is 0 Å². The molecule has 0 bridgehead atoms. The van der Waals surface area contributed by atoms with Crippen LogP contribution in [0, 0.1) is 11.2 Å². The average Bonchev–Trinajstić information content (AvgIpc) is 3.50. The molecule has 0 unspecified atom stereocenters. The summed E-state index contributed by atoms with van der Waals surface area (Å²) in [6.07, 6.45) is 1.60. The third-order valence-electron chi connectivity index (χ3n) is 7.89. The molecular weight excluding hydrogens is 517 g/mol. The van der Waals surface area contributed by atoms with Crippen LogP contribution in [0.15, 0.2) is 95.7 Å². The van der Waals surface area contributed by atoms with Crippen LogP contribution in [0.25, 0.3) is 16.6 Å². The van der Waals surface area contributed by atoms with E-state index in [1.807, 2.05) is 18.2 Å². The molecule has 2 aromatic carbocycles. The number of para-hydroxylation sites is 1. The van der Waals surface area contributed by atoms with Gasteiger partial charge in [-0.05, 0) is 66.3 Å². The number of aryl methyl sites for hydroxylation is 1. The maximum absolute atomic E-state index is 14.7. The Labute approximate surface area is 241 Å². The predicted molar refractivity (Wildman–Crippen MR) is 167 cm³/mol. The number of pyridine rings is 1. The second-order valence-corrected chi connectivity index (χ2v) is 12.4. The Kier molecular flexibility index (Phi) is 7.80. The van der Waals surface area contributed by atoms with E-state index in [0.717, 1.165) is 84.6 Å². The zero-order valence-electron chi connectivity index (χ0n) is 23.7. The second kappa shape index (κ2) is 11.1. The fourth-order valence-electron chi connectivity index (χ4n) is 5.19. The highest BCUT2D eigenvalue weighted by molar-refractivity contribution is 7.97. The largest absolute Gasteiger partial charge is 0.367 e. The van der Waals surface area contributed by atoms with Gasteiger partial charge in [0, 0.05) is 64.5 Å². The van der Waals surface area contributed by atoms with Crippen LogP contribution in [0.1, 0.15) is 38.4 Å². The van der Waals surface area contributed by atoms with E-state index in [1.54, 1.807) is 6.07 Å². The highest BCUT2D eigenvalue weighted by Crippen LogP contribution is 2.35. The molecule has 2 aliphatic heterocycles. The molecule has 0 amide bonds. The van der Waals surface area contributed by atoms with Crippen LogP contribution in [0.2, 0.25) is 0 Å². The van der Waals surface area contributed by atoms with E-state index in [1.165, 1.54) is 17.2 Å². The first kappa shape index (κ1) is 28.0. The summed E-state index contributed by atoms with van der Waals surface area (Å²) in [5.41, 5.74) is 9.03. The summed E-state index contributed by atoms with van der Waals surface area (Å²) in [5.74, 6) is -0.287. The van der Waals surface area contributed by atoms with Crippen molar-refractivity contribution in [2.45, 2.75) is 38.5 Å². The van der Waals surface area contributed by atoms with Crippen molar-refractivity contribution in [2.75, 3.05) is 31.5 Å².